The van der Waals surface area contributed by atoms with E-state index in [2.05, 4.69) is 15.2 Å². The Bertz CT molecular complexity index is 508. The number of hydrogen-bond donors (Lipinski definition) is 1. The summed E-state index contributed by atoms with van der Waals surface area (Å²) < 4.78 is 6.95. The number of hydrogen-bond acceptors (Lipinski definition) is 5. The number of rotatable bonds is 6. The zero-order valence-electron chi connectivity index (χ0n) is 11.3. The maximum atomic E-state index is 5.50. The Morgan fingerprint density at radius 2 is 2.05 bits per heavy atom. The van der Waals surface area contributed by atoms with Crippen LogP contribution in [0.3, 0.4) is 0 Å². The molecule has 0 radical (unpaired) electrons. The smallest absolute Gasteiger partial charge is 0.119 e. The number of nitrogens with zero attached hydrogens (tertiary/aromatic N) is 4. The molecule has 0 aliphatic rings. The van der Waals surface area contributed by atoms with Gasteiger partial charge in [-0.05, 0) is 24.3 Å². The van der Waals surface area contributed by atoms with Gasteiger partial charge in [-0.3, -0.25) is 4.68 Å². The monoisotopic (exact) mass is 261 g/mol. The molecule has 2 N–H and O–H groups in total. The average Bonchev–Trinajstić information content (AvgIpc) is 2.93. The molecule has 0 spiro atoms. The van der Waals surface area contributed by atoms with Gasteiger partial charge in [-0.15, -0.1) is 5.10 Å². The van der Waals surface area contributed by atoms with Crippen LogP contribution in [0.4, 0.5) is 5.69 Å². The third-order valence-corrected chi connectivity index (χ3v) is 2.97. The van der Waals surface area contributed by atoms with Crippen LogP contribution in [0.15, 0.2) is 30.5 Å². The molecule has 0 saturated carbocycles. The lowest BCUT2D eigenvalue weighted by atomic mass is 10.3. The molecule has 102 valence electrons. The summed E-state index contributed by atoms with van der Waals surface area (Å²) in [6.45, 7) is 2.05. The topological polar surface area (TPSA) is 69.2 Å². The Kier molecular flexibility index (Phi) is 4.35. The van der Waals surface area contributed by atoms with E-state index < -0.39 is 0 Å². The van der Waals surface area contributed by atoms with Gasteiger partial charge in [0.15, 0.2) is 0 Å². The van der Waals surface area contributed by atoms with Gasteiger partial charge in [-0.25, -0.2) is 0 Å². The summed E-state index contributed by atoms with van der Waals surface area (Å²) in [6, 6.07) is 7.97. The molecule has 19 heavy (non-hydrogen) atoms. The van der Waals surface area contributed by atoms with Gasteiger partial charge in [0.05, 0.1) is 19.3 Å². The second-order valence-corrected chi connectivity index (χ2v) is 4.30. The Hall–Kier alpha value is -2.08. The number of benzene rings is 1. The number of methoxy groups -OCH3 is 1. The van der Waals surface area contributed by atoms with Crippen molar-refractivity contribution in [1.82, 2.24) is 15.0 Å². The van der Waals surface area contributed by atoms with Crippen molar-refractivity contribution in [1.29, 1.82) is 0 Å². The van der Waals surface area contributed by atoms with Crippen LogP contribution in [0.2, 0.25) is 0 Å². The molecule has 0 aliphatic carbocycles. The number of ether oxygens (including phenoxy) is 1. The molecule has 0 atom stereocenters. The van der Waals surface area contributed by atoms with Crippen LogP contribution in [-0.2, 0) is 13.1 Å². The molecule has 2 aromatic rings. The number of anilines is 1. The highest BCUT2D eigenvalue weighted by Gasteiger charge is 2.03. The van der Waals surface area contributed by atoms with Crippen molar-refractivity contribution in [2.45, 2.75) is 13.1 Å². The fraction of sp³-hybridized carbons (Fsp3) is 0.385. The molecule has 1 heterocycles. The Morgan fingerprint density at radius 1 is 1.32 bits per heavy atom. The number of likely N-dealkylation sites (N-methyl/N-ethyl adjacent to an activating group) is 1. The number of aromatic nitrogens is 3. The molecule has 1 aromatic carbocycles. The Balaban J connectivity index is 1.90. The first-order valence-corrected chi connectivity index (χ1v) is 6.17. The van der Waals surface area contributed by atoms with Crippen LogP contribution in [0, 0.1) is 0 Å². The Morgan fingerprint density at radius 3 is 2.63 bits per heavy atom. The minimum absolute atomic E-state index is 0.425. The molecular weight excluding hydrogens is 242 g/mol. The highest BCUT2D eigenvalue weighted by atomic mass is 16.5. The van der Waals surface area contributed by atoms with Crippen molar-refractivity contribution >= 4 is 5.69 Å². The second-order valence-electron chi connectivity index (χ2n) is 4.30. The molecule has 0 saturated heterocycles. The third kappa shape index (κ3) is 3.45. The van der Waals surface area contributed by atoms with Gasteiger partial charge in [-0.2, -0.15) is 0 Å². The molecule has 0 amide bonds. The van der Waals surface area contributed by atoms with Crippen LogP contribution in [0.25, 0.3) is 0 Å². The lowest BCUT2D eigenvalue weighted by Crippen LogP contribution is -2.22. The van der Waals surface area contributed by atoms with Gasteiger partial charge in [0.2, 0.25) is 0 Å². The number of nitrogens with two attached hydrogens (primary N) is 1. The van der Waals surface area contributed by atoms with E-state index in [1.807, 2.05) is 42.2 Å². The van der Waals surface area contributed by atoms with E-state index in [4.69, 9.17) is 10.5 Å². The summed E-state index contributed by atoms with van der Waals surface area (Å²) in [5.41, 5.74) is 7.45. The minimum atomic E-state index is 0.425. The minimum Gasteiger partial charge on any atom is -0.497 e. The van der Waals surface area contributed by atoms with E-state index >= 15 is 0 Å². The zero-order chi connectivity index (χ0) is 13.7. The van der Waals surface area contributed by atoms with Crippen LogP contribution >= 0.6 is 0 Å². The standard InChI is InChI=1S/C13H19N5O/c1-17(12-3-5-13(19-2)6-4-12)7-8-18-10-11(9-14)15-16-18/h3-6,10H,7-9,14H2,1-2H3. The van der Waals surface area contributed by atoms with Crippen molar-refractivity contribution in [2.75, 3.05) is 25.6 Å². The lowest BCUT2D eigenvalue weighted by Gasteiger charge is -2.19. The predicted octanol–water partition coefficient (Wildman–Crippen LogP) is 0.882. The summed E-state index contributed by atoms with van der Waals surface area (Å²) in [7, 11) is 3.71. The van der Waals surface area contributed by atoms with Crippen molar-refractivity contribution in [2.24, 2.45) is 5.73 Å². The molecule has 0 bridgehead atoms. The second kappa shape index (κ2) is 6.19. The van der Waals surface area contributed by atoms with E-state index in [-0.39, 0.29) is 0 Å². The van der Waals surface area contributed by atoms with Crippen molar-refractivity contribution in [3.63, 3.8) is 0 Å². The van der Waals surface area contributed by atoms with Gasteiger partial charge >= 0.3 is 0 Å². The normalized spacial score (nSPS) is 10.5. The maximum Gasteiger partial charge on any atom is 0.119 e. The summed E-state index contributed by atoms with van der Waals surface area (Å²) in [4.78, 5) is 2.16. The highest BCUT2D eigenvalue weighted by Crippen LogP contribution is 2.17. The van der Waals surface area contributed by atoms with Gasteiger partial charge in [0, 0.05) is 32.0 Å². The first-order chi connectivity index (χ1) is 9.22. The first-order valence-electron chi connectivity index (χ1n) is 6.17. The maximum absolute atomic E-state index is 5.50. The molecule has 6 nitrogen and oxygen atoms in total. The molecule has 1 aromatic heterocycles. The average molecular weight is 261 g/mol. The molecule has 0 aliphatic heterocycles. The SMILES string of the molecule is COc1ccc(N(C)CCn2cc(CN)nn2)cc1. The van der Waals surface area contributed by atoms with E-state index in [0.29, 0.717) is 6.54 Å². The highest BCUT2D eigenvalue weighted by molar-refractivity contribution is 5.48. The van der Waals surface area contributed by atoms with E-state index in [1.165, 1.54) is 0 Å². The van der Waals surface area contributed by atoms with Crippen LogP contribution in [-0.4, -0.2) is 35.7 Å². The molecule has 6 heteroatoms. The largest absolute Gasteiger partial charge is 0.497 e. The molecular formula is C13H19N5O. The molecule has 0 unspecified atom stereocenters. The van der Waals surface area contributed by atoms with E-state index in [0.717, 1.165) is 30.2 Å². The summed E-state index contributed by atoms with van der Waals surface area (Å²) in [6.07, 6.45) is 1.88. The van der Waals surface area contributed by atoms with Crippen molar-refractivity contribution in [3.05, 3.63) is 36.2 Å². The van der Waals surface area contributed by atoms with Gasteiger partial charge in [0.1, 0.15) is 5.75 Å². The van der Waals surface area contributed by atoms with Crippen LogP contribution < -0.4 is 15.4 Å². The zero-order valence-corrected chi connectivity index (χ0v) is 11.3. The first kappa shape index (κ1) is 13.4. The van der Waals surface area contributed by atoms with Crippen molar-refractivity contribution < 1.29 is 4.74 Å². The quantitative estimate of drug-likeness (QED) is 0.836. The Labute approximate surface area is 112 Å². The van der Waals surface area contributed by atoms with Gasteiger partial charge in [0.25, 0.3) is 0 Å². The lowest BCUT2D eigenvalue weighted by molar-refractivity contribution is 0.415. The van der Waals surface area contributed by atoms with E-state index in [1.54, 1.807) is 7.11 Å². The summed E-state index contributed by atoms with van der Waals surface area (Å²) in [5.74, 6) is 0.862. The summed E-state index contributed by atoms with van der Waals surface area (Å²) in [5, 5.41) is 7.98. The van der Waals surface area contributed by atoms with Crippen LogP contribution in [0.1, 0.15) is 5.69 Å². The molecule has 2 rings (SSSR count). The van der Waals surface area contributed by atoms with Crippen LogP contribution in [0.5, 0.6) is 5.75 Å². The molecule has 0 fully saturated rings. The van der Waals surface area contributed by atoms with Gasteiger partial charge < -0.3 is 15.4 Å². The van der Waals surface area contributed by atoms with E-state index in [9.17, 15) is 0 Å². The van der Waals surface area contributed by atoms with Gasteiger partial charge in [-0.1, -0.05) is 5.21 Å². The van der Waals surface area contributed by atoms with Crippen molar-refractivity contribution in [3.8, 4) is 5.75 Å². The summed E-state index contributed by atoms with van der Waals surface area (Å²) >= 11 is 0. The third-order valence-electron chi connectivity index (χ3n) is 2.97. The fourth-order valence-corrected chi connectivity index (χ4v) is 1.76. The predicted molar refractivity (Wildman–Crippen MR) is 74.2 cm³/mol. The fourth-order valence-electron chi connectivity index (χ4n) is 1.76.